The largest absolute Gasteiger partial charge is 0.424 e. The molecule has 1 aliphatic heterocycles. The minimum atomic E-state index is -3.94. The van der Waals surface area contributed by atoms with Gasteiger partial charge < -0.3 is 29.5 Å². The van der Waals surface area contributed by atoms with Crippen molar-refractivity contribution in [3.8, 4) is 5.75 Å². The third-order valence-corrected chi connectivity index (χ3v) is 10.5. The third-order valence-electron chi connectivity index (χ3n) is 6.76. The van der Waals surface area contributed by atoms with Crippen molar-refractivity contribution in [2.75, 3.05) is 18.5 Å². The highest BCUT2D eigenvalue weighted by molar-refractivity contribution is 9.25. The lowest BCUT2D eigenvalue weighted by Gasteiger charge is -2.25. The average Bonchev–Trinajstić information content (AvgIpc) is 3.41. The summed E-state index contributed by atoms with van der Waals surface area (Å²) in [4.78, 5) is 31.9. The average molecular weight is 702 g/mol. The zero-order valence-corrected chi connectivity index (χ0v) is 26.3. The summed E-state index contributed by atoms with van der Waals surface area (Å²) in [6, 6.07) is 8.70. The van der Waals surface area contributed by atoms with E-state index in [-0.39, 0.29) is 24.3 Å². The number of hydrogen-bond donors (Lipinski definition) is 2. The number of anilines is 1. The summed E-state index contributed by atoms with van der Waals surface area (Å²) in [5.74, 6) is -0.160. The number of alkyl halides is 2. The van der Waals surface area contributed by atoms with Crippen LogP contribution < -0.4 is 10.3 Å². The van der Waals surface area contributed by atoms with Gasteiger partial charge in [-0.1, -0.05) is 57.0 Å². The molecule has 0 saturated carbocycles. The molecule has 0 aliphatic carbocycles. The second-order valence-electron chi connectivity index (χ2n) is 9.87. The maximum Gasteiger partial charge on any atom is 0.380 e. The number of ketones is 2. The minimum Gasteiger partial charge on any atom is -0.424 e. The summed E-state index contributed by atoms with van der Waals surface area (Å²) in [6.45, 7) is 4.25. The van der Waals surface area contributed by atoms with Gasteiger partial charge in [0.05, 0.1) is 18.2 Å². The number of aliphatic hydroxyl groups excluding tert-OH is 1. The van der Waals surface area contributed by atoms with Gasteiger partial charge in [-0.2, -0.15) is 0 Å². The van der Waals surface area contributed by atoms with Crippen LogP contribution in [-0.4, -0.2) is 59.4 Å². The summed E-state index contributed by atoms with van der Waals surface area (Å²) in [6.07, 6.45) is 0.662. The van der Waals surface area contributed by atoms with Gasteiger partial charge in [0, 0.05) is 18.5 Å². The Morgan fingerprint density at radius 3 is 2.67 bits per heavy atom. The van der Waals surface area contributed by atoms with E-state index in [0.717, 1.165) is 0 Å². The summed E-state index contributed by atoms with van der Waals surface area (Å²) in [7, 11) is -3.94. The Morgan fingerprint density at radius 2 is 1.98 bits per heavy atom. The molecule has 2 aromatic heterocycles. The SMILES string of the molecule is CC(=O)CCc1ccccc1OP(=O)(C[C@@H](C)C(C)=O)OC[C@H]1O[C@@H](n2ccc3c(N)ncnc32)C(Br)(Br)[C@H]1O. The maximum atomic E-state index is 14.1. The third kappa shape index (κ3) is 6.66. The van der Waals surface area contributed by atoms with Gasteiger partial charge in [0.15, 0.2) is 9.46 Å². The highest BCUT2D eigenvalue weighted by Crippen LogP contribution is 2.54. The number of nitrogen functional groups attached to an aromatic ring is 1. The molecule has 3 heterocycles. The molecule has 0 spiro atoms. The number of hydrogen-bond acceptors (Lipinski definition) is 10. The van der Waals surface area contributed by atoms with E-state index in [0.29, 0.717) is 41.0 Å². The van der Waals surface area contributed by atoms with Crippen LogP contribution in [0.15, 0.2) is 42.9 Å². The second kappa shape index (κ2) is 12.4. The van der Waals surface area contributed by atoms with Crippen LogP contribution in [-0.2, 0) is 29.8 Å². The van der Waals surface area contributed by atoms with Crippen LogP contribution in [0.3, 0.4) is 0 Å². The lowest BCUT2D eigenvalue weighted by atomic mass is 10.1. The smallest absolute Gasteiger partial charge is 0.380 e. The number of Topliss-reactive ketones (excluding diaryl/α,β-unsaturated/α-hetero) is 2. The number of aryl methyl sites for hydroxylation is 1. The van der Waals surface area contributed by atoms with Crippen LogP contribution in [0, 0.1) is 5.92 Å². The number of aliphatic hydroxyl groups is 1. The zero-order chi connectivity index (χ0) is 29.2. The van der Waals surface area contributed by atoms with Crippen molar-refractivity contribution in [3.05, 3.63) is 48.4 Å². The Morgan fingerprint density at radius 1 is 1.25 bits per heavy atom. The number of fused-ring (bicyclic) bond motifs is 1. The van der Waals surface area contributed by atoms with Crippen LogP contribution in [0.4, 0.5) is 5.82 Å². The summed E-state index contributed by atoms with van der Waals surface area (Å²) in [5.41, 5.74) is 7.16. The molecule has 11 nitrogen and oxygen atoms in total. The van der Waals surface area contributed by atoms with E-state index >= 15 is 0 Å². The number of benzene rings is 1. The van der Waals surface area contributed by atoms with Crippen LogP contribution in [0.2, 0.25) is 0 Å². The van der Waals surface area contributed by atoms with E-state index in [9.17, 15) is 19.3 Å². The number of rotatable bonds is 12. The number of carbonyl (C=O) groups excluding carboxylic acids is 2. The van der Waals surface area contributed by atoms with Crippen molar-refractivity contribution < 1.29 is 33.0 Å². The van der Waals surface area contributed by atoms with Gasteiger partial charge >= 0.3 is 7.60 Å². The van der Waals surface area contributed by atoms with Crippen LogP contribution in [0.1, 0.15) is 39.0 Å². The molecule has 1 aliphatic rings. The highest BCUT2D eigenvalue weighted by atomic mass is 79.9. The molecular weight excluding hydrogens is 671 g/mol. The van der Waals surface area contributed by atoms with Gasteiger partial charge in [0.1, 0.15) is 47.3 Å². The lowest BCUT2D eigenvalue weighted by Crippen LogP contribution is -2.37. The maximum absolute atomic E-state index is 14.1. The first-order valence-electron chi connectivity index (χ1n) is 12.6. The molecule has 4 rings (SSSR count). The van der Waals surface area contributed by atoms with E-state index in [1.54, 1.807) is 48.0 Å². The van der Waals surface area contributed by atoms with Gasteiger partial charge in [-0.25, -0.2) is 14.5 Å². The molecule has 40 heavy (non-hydrogen) atoms. The molecule has 1 unspecified atom stereocenters. The van der Waals surface area contributed by atoms with E-state index in [2.05, 4.69) is 41.8 Å². The van der Waals surface area contributed by atoms with Crippen molar-refractivity contribution >= 4 is 67.9 Å². The highest BCUT2D eigenvalue weighted by Gasteiger charge is 2.55. The monoisotopic (exact) mass is 700 g/mol. The van der Waals surface area contributed by atoms with E-state index in [1.165, 1.54) is 20.2 Å². The molecule has 5 atom stereocenters. The number of nitrogens with two attached hydrogens (primary N) is 1. The Balaban J connectivity index is 1.57. The van der Waals surface area contributed by atoms with Crippen molar-refractivity contribution in [1.82, 2.24) is 14.5 Å². The summed E-state index contributed by atoms with van der Waals surface area (Å²) < 4.78 is 32.7. The Kier molecular flexibility index (Phi) is 9.53. The predicted molar refractivity (Wildman–Crippen MR) is 157 cm³/mol. The number of aromatic nitrogens is 3. The van der Waals surface area contributed by atoms with E-state index < -0.39 is 35.2 Å². The summed E-state index contributed by atoms with van der Waals surface area (Å²) in [5, 5.41) is 11.8. The van der Waals surface area contributed by atoms with Gasteiger partial charge in [0.25, 0.3) is 0 Å². The fourth-order valence-electron chi connectivity index (χ4n) is 4.31. The van der Waals surface area contributed by atoms with Crippen molar-refractivity contribution in [3.63, 3.8) is 0 Å². The number of halogens is 2. The second-order valence-corrected chi connectivity index (χ2v) is 15.6. The first-order chi connectivity index (χ1) is 18.8. The molecule has 1 saturated heterocycles. The standard InChI is InChI=1S/C26H31Br2N4O7P/c1-15(17(3)34)13-40(36,39-20-7-5-4-6-18(20)9-8-16(2)33)37-12-21-22(35)26(27,28)25(38-21)32-11-10-19-23(29)30-14-31-24(19)32/h4-7,10-11,14-15,21-22,25,35H,8-9,12-13H2,1-3H3,(H2,29,30,31)/t15-,21-,22+,25-,40?/m1/s1. The molecule has 1 fully saturated rings. The van der Waals surface area contributed by atoms with Gasteiger partial charge in [-0.3, -0.25) is 9.32 Å². The molecule has 14 heteroatoms. The quantitative estimate of drug-likeness (QED) is 0.199. The number of nitrogens with zero attached hydrogens (tertiary/aromatic N) is 3. The van der Waals surface area contributed by atoms with Crippen molar-refractivity contribution in [2.45, 2.75) is 55.3 Å². The van der Waals surface area contributed by atoms with Gasteiger partial charge in [-0.05, 0) is 38.0 Å². The summed E-state index contributed by atoms with van der Waals surface area (Å²) >= 11 is 7.06. The molecular formula is C26H31Br2N4O7P. The fraction of sp³-hybridized carbons (Fsp3) is 0.462. The van der Waals surface area contributed by atoms with Crippen molar-refractivity contribution in [1.29, 1.82) is 0 Å². The lowest BCUT2D eigenvalue weighted by molar-refractivity contribution is -0.120. The van der Waals surface area contributed by atoms with E-state index in [4.69, 9.17) is 19.5 Å². The zero-order valence-electron chi connectivity index (χ0n) is 22.2. The molecule has 3 N–H and O–H groups in total. The molecule has 0 radical (unpaired) electrons. The van der Waals surface area contributed by atoms with Crippen LogP contribution >= 0.6 is 39.5 Å². The first-order valence-corrected chi connectivity index (χ1v) is 15.9. The minimum absolute atomic E-state index is 0.0130. The normalized spacial score (nSPS) is 22.6. The molecule has 0 bridgehead atoms. The van der Waals surface area contributed by atoms with Crippen LogP contribution in [0.5, 0.6) is 5.75 Å². The predicted octanol–water partition coefficient (Wildman–Crippen LogP) is 4.79. The Bertz CT molecular complexity index is 1450. The fourth-order valence-corrected chi connectivity index (χ4v) is 7.57. The van der Waals surface area contributed by atoms with E-state index in [1.807, 2.05) is 0 Å². The van der Waals surface area contributed by atoms with Gasteiger partial charge in [-0.15, -0.1) is 0 Å². The van der Waals surface area contributed by atoms with Crippen LogP contribution in [0.25, 0.3) is 11.0 Å². The number of carbonyl (C=O) groups is 2. The molecule has 1 aromatic carbocycles. The number of para-hydroxylation sites is 1. The van der Waals surface area contributed by atoms with Crippen molar-refractivity contribution in [2.24, 2.45) is 5.92 Å². The molecule has 3 aromatic rings. The Labute approximate surface area is 248 Å². The van der Waals surface area contributed by atoms with Gasteiger partial charge in [0.2, 0.25) is 0 Å². The topological polar surface area (TPSA) is 156 Å². The first kappa shape index (κ1) is 30.8. The molecule has 0 amide bonds. The number of ether oxygens (including phenoxy) is 1. The Hall–Kier alpha value is -2.15. The molecule has 216 valence electrons.